The van der Waals surface area contributed by atoms with Crippen LogP contribution in [0.2, 0.25) is 0 Å². The molecule has 1 N–H and O–H groups in total. The number of sulfonamides is 1. The van der Waals surface area contributed by atoms with E-state index in [1.807, 2.05) is 0 Å². The molecule has 0 aromatic heterocycles. The van der Waals surface area contributed by atoms with Crippen LogP contribution in [-0.2, 0) is 31.2 Å². The minimum absolute atomic E-state index is 0. The summed E-state index contributed by atoms with van der Waals surface area (Å²) in [5.41, 5.74) is 0.0255. The molecule has 0 saturated heterocycles. The molecule has 0 spiro atoms. The van der Waals surface area contributed by atoms with E-state index in [9.17, 15) is 35.2 Å². The van der Waals surface area contributed by atoms with Gasteiger partial charge in [0, 0.05) is 16.7 Å². The van der Waals surface area contributed by atoms with Crippen LogP contribution in [0.25, 0.3) is 5.32 Å². The molecule has 196 valence electrons. The van der Waals surface area contributed by atoms with Gasteiger partial charge < -0.3 is 10.2 Å². The molecule has 1 amide bonds. The van der Waals surface area contributed by atoms with Crippen LogP contribution in [-0.4, -0.2) is 34.8 Å². The summed E-state index contributed by atoms with van der Waals surface area (Å²) in [7, 11) is -7.95. The van der Waals surface area contributed by atoms with E-state index in [1.165, 1.54) is 47.4 Å². The fraction of sp³-hybridized carbons (Fsp3) is 0.120. The molecule has 5 rings (SSSR count). The van der Waals surface area contributed by atoms with Crippen LogP contribution in [0.4, 0.5) is 25.8 Å². The van der Waals surface area contributed by atoms with Crippen LogP contribution in [0.5, 0.6) is 0 Å². The van der Waals surface area contributed by atoms with Gasteiger partial charge in [-0.15, -0.1) is 11.4 Å². The molecule has 1 atom stereocenters. The first-order chi connectivity index (χ1) is 17.8. The first-order valence-electron chi connectivity index (χ1n) is 11.0. The van der Waals surface area contributed by atoms with E-state index < -0.39 is 49.1 Å². The van der Waals surface area contributed by atoms with Crippen molar-refractivity contribution in [3.05, 3.63) is 99.8 Å². The third-order valence-corrected chi connectivity index (χ3v) is 8.03. The van der Waals surface area contributed by atoms with Crippen LogP contribution in [0, 0.1) is 17.6 Å². The molecule has 0 aliphatic carbocycles. The Morgan fingerprint density at radius 3 is 2.31 bits per heavy atom. The minimum atomic E-state index is -4.26. The van der Waals surface area contributed by atoms with Gasteiger partial charge in [-0.1, -0.05) is 18.2 Å². The Morgan fingerprint density at radius 1 is 0.974 bits per heavy atom. The fourth-order valence-electron chi connectivity index (χ4n) is 4.31. The van der Waals surface area contributed by atoms with Gasteiger partial charge in [-0.3, -0.25) is 14.3 Å². The maximum Gasteiger partial charge on any atom is 1.00 e. The fourth-order valence-corrected chi connectivity index (χ4v) is 6.20. The van der Waals surface area contributed by atoms with E-state index in [-0.39, 0.29) is 69.3 Å². The van der Waals surface area contributed by atoms with Gasteiger partial charge >= 0.3 is 29.6 Å². The van der Waals surface area contributed by atoms with Crippen molar-refractivity contribution in [2.45, 2.75) is 11.4 Å². The maximum atomic E-state index is 14.1. The summed E-state index contributed by atoms with van der Waals surface area (Å²) in [6.45, 7) is -0.0985. The van der Waals surface area contributed by atoms with Crippen molar-refractivity contribution in [1.29, 1.82) is 0 Å². The molecule has 0 saturated carbocycles. The SMILES string of the molecule is CS(=O)(=O)Nc1ccc2c(c1)S(=O)(=O)C=C(C1C(=O)c3cc(F)ccc3N(Cc3ccc(F)cc3)C1=O)[N-]2.[Na+]. The molecule has 3 aromatic rings. The Balaban J connectivity index is 0.00000353. The van der Waals surface area contributed by atoms with Crippen LogP contribution in [0.15, 0.2) is 76.7 Å². The van der Waals surface area contributed by atoms with Gasteiger partial charge in [-0.05, 0) is 48.0 Å². The average Bonchev–Trinajstić information content (AvgIpc) is 2.82. The van der Waals surface area contributed by atoms with E-state index >= 15 is 0 Å². The van der Waals surface area contributed by atoms with E-state index in [0.717, 1.165) is 24.5 Å². The summed E-state index contributed by atoms with van der Waals surface area (Å²) in [5, 5.41) is 4.93. The summed E-state index contributed by atoms with van der Waals surface area (Å²) in [6, 6.07) is 12.2. The first-order valence-corrected chi connectivity index (χ1v) is 14.5. The zero-order valence-corrected chi connectivity index (χ0v) is 24.2. The largest absolute Gasteiger partial charge is 1.00 e. The van der Waals surface area contributed by atoms with E-state index in [1.54, 1.807) is 0 Å². The zero-order chi connectivity index (χ0) is 27.4. The molecule has 0 radical (unpaired) electrons. The number of hydrogen-bond donors (Lipinski definition) is 1. The summed E-state index contributed by atoms with van der Waals surface area (Å²) < 4.78 is 79.0. The predicted octanol–water partition coefficient (Wildman–Crippen LogP) is 1.02. The Hall–Kier alpha value is -3.10. The smallest absolute Gasteiger partial charge is 0.659 e. The Bertz CT molecular complexity index is 1760. The van der Waals surface area contributed by atoms with Gasteiger partial charge in [0.15, 0.2) is 15.6 Å². The number of carbonyl (C=O) groups excluding carboxylic acids is 2. The number of halogens is 2. The van der Waals surface area contributed by atoms with Crippen LogP contribution >= 0.6 is 0 Å². The van der Waals surface area contributed by atoms with Gasteiger partial charge in [0.1, 0.15) is 17.6 Å². The number of fused-ring (bicyclic) bond motifs is 2. The number of nitrogens with zero attached hydrogens (tertiary/aromatic N) is 2. The summed E-state index contributed by atoms with van der Waals surface area (Å²) in [5.74, 6) is -4.53. The number of hydrogen-bond acceptors (Lipinski definition) is 6. The molecule has 1 unspecified atom stereocenters. The van der Waals surface area contributed by atoms with Crippen molar-refractivity contribution >= 4 is 48.6 Å². The molecule has 2 aliphatic heterocycles. The molecule has 2 heterocycles. The molecular formula is C25H18F2N3NaO6S2. The number of rotatable bonds is 5. The topological polar surface area (TPSA) is 132 Å². The molecule has 3 aromatic carbocycles. The number of benzene rings is 3. The molecule has 9 nitrogen and oxygen atoms in total. The number of amides is 1. The Kier molecular flexibility index (Phi) is 7.76. The number of carbonyl (C=O) groups is 2. The van der Waals surface area contributed by atoms with Gasteiger partial charge in [0.25, 0.3) is 0 Å². The van der Waals surface area contributed by atoms with Gasteiger partial charge in [0.2, 0.25) is 15.9 Å². The molecule has 0 bridgehead atoms. The second-order valence-electron chi connectivity index (χ2n) is 8.77. The van der Waals surface area contributed by atoms with E-state index in [0.29, 0.717) is 11.0 Å². The van der Waals surface area contributed by atoms with E-state index in [4.69, 9.17) is 0 Å². The van der Waals surface area contributed by atoms with Crippen molar-refractivity contribution in [2.24, 2.45) is 5.92 Å². The average molecular weight is 582 g/mol. The molecule has 2 aliphatic rings. The summed E-state index contributed by atoms with van der Waals surface area (Å²) in [4.78, 5) is 28.0. The van der Waals surface area contributed by atoms with Gasteiger partial charge in [-0.25, -0.2) is 25.6 Å². The van der Waals surface area contributed by atoms with Crippen molar-refractivity contribution in [3.63, 3.8) is 0 Å². The van der Waals surface area contributed by atoms with Crippen molar-refractivity contribution in [1.82, 2.24) is 0 Å². The molecule has 39 heavy (non-hydrogen) atoms. The van der Waals surface area contributed by atoms with Crippen molar-refractivity contribution in [2.75, 3.05) is 15.9 Å². The van der Waals surface area contributed by atoms with Crippen molar-refractivity contribution < 1.29 is 64.8 Å². The Labute approximate surface area is 245 Å². The van der Waals surface area contributed by atoms with Crippen LogP contribution in [0.3, 0.4) is 0 Å². The number of ketones is 1. The van der Waals surface area contributed by atoms with Crippen molar-refractivity contribution in [3.8, 4) is 0 Å². The summed E-state index contributed by atoms with van der Waals surface area (Å²) >= 11 is 0. The third-order valence-electron chi connectivity index (χ3n) is 5.93. The maximum absolute atomic E-state index is 14.1. The second kappa shape index (κ2) is 10.5. The summed E-state index contributed by atoms with van der Waals surface area (Å²) in [6.07, 6.45) is 0.905. The molecule has 0 fully saturated rings. The van der Waals surface area contributed by atoms with Crippen LogP contribution < -0.4 is 39.2 Å². The quantitative estimate of drug-likeness (QED) is 0.354. The van der Waals surface area contributed by atoms with Gasteiger partial charge in [-0.2, -0.15) is 0 Å². The first kappa shape index (κ1) is 28.9. The standard InChI is InChI=1S/C25H18F2N3O6S2.Na/c1-37(33,34)29-17-7-8-19-22(11-17)38(35,36)13-20(28-19)23-24(31)18-10-16(27)6-9-21(18)30(25(23)32)12-14-2-4-15(26)5-3-14;/h2-11,13,23,29H,12H2,1H3;/q-1;+1. The minimum Gasteiger partial charge on any atom is -0.659 e. The zero-order valence-electron chi connectivity index (χ0n) is 20.6. The van der Waals surface area contributed by atoms with Crippen LogP contribution in [0.1, 0.15) is 15.9 Å². The monoisotopic (exact) mass is 581 g/mol. The second-order valence-corrected chi connectivity index (χ2v) is 12.3. The molecule has 14 heteroatoms. The normalized spacial score (nSPS) is 17.8. The van der Waals surface area contributed by atoms with Gasteiger partial charge in [0.05, 0.1) is 23.4 Å². The predicted molar refractivity (Wildman–Crippen MR) is 135 cm³/mol. The Morgan fingerprint density at radius 2 is 1.64 bits per heavy atom. The van der Waals surface area contributed by atoms with E-state index in [2.05, 4.69) is 10.0 Å². The number of sulfone groups is 1. The number of nitrogens with one attached hydrogen (secondary N) is 1. The third kappa shape index (κ3) is 5.77. The number of Topliss-reactive ketones (excluding diaryl/α,β-unsaturated/α-hetero) is 1. The molecular weight excluding hydrogens is 563 g/mol. The number of anilines is 2.